The Labute approximate surface area is 109 Å². The fourth-order valence-corrected chi connectivity index (χ4v) is 1.95. The molecule has 0 spiro atoms. The van der Waals surface area contributed by atoms with Crippen molar-refractivity contribution in [3.05, 3.63) is 39.9 Å². The van der Waals surface area contributed by atoms with Gasteiger partial charge in [0.05, 0.1) is 10.7 Å². The summed E-state index contributed by atoms with van der Waals surface area (Å²) < 4.78 is 1.69. The van der Waals surface area contributed by atoms with Gasteiger partial charge in [0.2, 0.25) is 0 Å². The third-order valence-corrected chi connectivity index (χ3v) is 2.84. The standard InChI is InChI=1S/C11H12Cl2N4/c1-7-15-11(4-5-14)17(16-7)10-6-8(12)2-3-9(10)13/h2-3,6H,4-5,14H2,1H3. The third-order valence-electron chi connectivity index (χ3n) is 2.28. The van der Waals surface area contributed by atoms with E-state index in [1.807, 2.05) is 6.92 Å². The molecule has 0 radical (unpaired) electrons. The van der Waals surface area contributed by atoms with Gasteiger partial charge in [-0.2, -0.15) is 5.10 Å². The van der Waals surface area contributed by atoms with Gasteiger partial charge in [-0.3, -0.25) is 0 Å². The fraction of sp³-hybridized carbons (Fsp3) is 0.273. The lowest BCUT2D eigenvalue weighted by atomic mass is 10.3. The highest BCUT2D eigenvalue weighted by molar-refractivity contribution is 6.34. The van der Waals surface area contributed by atoms with Crippen molar-refractivity contribution in [2.45, 2.75) is 13.3 Å². The van der Waals surface area contributed by atoms with Crippen LogP contribution in [0.15, 0.2) is 18.2 Å². The number of aromatic nitrogens is 3. The van der Waals surface area contributed by atoms with E-state index in [1.54, 1.807) is 22.9 Å². The lowest BCUT2D eigenvalue weighted by Crippen LogP contribution is -2.10. The molecule has 0 aliphatic heterocycles. The molecule has 0 aliphatic carbocycles. The zero-order valence-electron chi connectivity index (χ0n) is 9.32. The second-order valence-corrected chi connectivity index (χ2v) is 4.47. The van der Waals surface area contributed by atoms with Crippen LogP contribution in [0.2, 0.25) is 10.0 Å². The van der Waals surface area contributed by atoms with Gasteiger partial charge in [0.1, 0.15) is 11.6 Å². The Morgan fingerprint density at radius 2 is 2.12 bits per heavy atom. The molecule has 0 fully saturated rings. The normalized spacial score (nSPS) is 10.8. The first-order valence-electron chi connectivity index (χ1n) is 5.20. The highest BCUT2D eigenvalue weighted by atomic mass is 35.5. The first kappa shape index (κ1) is 12.4. The topological polar surface area (TPSA) is 56.7 Å². The van der Waals surface area contributed by atoms with Gasteiger partial charge in [-0.15, -0.1) is 0 Å². The smallest absolute Gasteiger partial charge is 0.148 e. The summed E-state index contributed by atoms with van der Waals surface area (Å²) in [4.78, 5) is 4.32. The zero-order valence-corrected chi connectivity index (χ0v) is 10.8. The second-order valence-electron chi connectivity index (χ2n) is 3.62. The minimum absolute atomic E-state index is 0.510. The maximum Gasteiger partial charge on any atom is 0.148 e. The van der Waals surface area contributed by atoms with Gasteiger partial charge in [0.15, 0.2) is 0 Å². The number of halogens is 2. The minimum Gasteiger partial charge on any atom is -0.330 e. The number of hydrogen-bond donors (Lipinski definition) is 1. The van der Waals surface area contributed by atoms with Gasteiger partial charge in [-0.25, -0.2) is 9.67 Å². The predicted molar refractivity (Wildman–Crippen MR) is 68.9 cm³/mol. The molecule has 1 heterocycles. The van der Waals surface area contributed by atoms with E-state index in [2.05, 4.69) is 10.1 Å². The molecule has 17 heavy (non-hydrogen) atoms. The predicted octanol–water partition coefficient (Wildman–Crippen LogP) is 2.38. The molecule has 2 N–H and O–H groups in total. The number of nitrogens with zero attached hydrogens (tertiary/aromatic N) is 3. The summed E-state index contributed by atoms with van der Waals surface area (Å²) in [5.41, 5.74) is 6.27. The SMILES string of the molecule is Cc1nc(CCN)n(-c2cc(Cl)ccc2Cl)n1. The van der Waals surface area contributed by atoms with E-state index in [4.69, 9.17) is 28.9 Å². The Kier molecular flexibility index (Phi) is 3.66. The van der Waals surface area contributed by atoms with E-state index in [-0.39, 0.29) is 0 Å². The molecule has 0 saturated heterocycles. The van der Waals surface area contributed by atoms with Gasteiger partial charge in [-0.1, -0.05) is 23.2 Å². The van der Waals surface area contributed by atoms with Crippen molar-refractivity contribution in [3.8, 4) is 5.69 Å². The Hall–Kier alpha value is -1.10. The largest absolute Gasteiger partial charge is 0.330 e. The van der Waals surface area contributed by atoms with Gasteiger partial charge < -0.3 is 5.73 Å². The van der Waals surface area contributed by atoms with Crippen LogP contribution in [0.3, 0.4) is 0 Å². The van der Waals surface area contributed by atoms with Crippen LogP contribution in [0.5, 0.6) is 0 Å². The van der Waals surface area contributed by atoms with Crippen LogP contribution >= 0.6 is 23.2 Å². The highest BCUT2D eigenvalue weighted by Gasteiger charge is 2.11. The molecule has 0 atom stereocenters. The van der Waals surface area contributed by atoms with Gasteiger partial charge in [-0.05, 0) is 31.7 Å². The van der Waals surface area contributed by atoms with E-state index < -0.39 is 0 Å². The number of hydrogen-bond acceptors (Lipinski definition) is 3. The van der Waals surface area contributed by atoms with E-state index >= 15 is 0 Å². The molecule has 90 valence electrons. The molecule has 0 aliphatic rings. The molecule has 1 aromatic carbocycles. The summed E-state index contributed by atoms with van der Waals surface area (Å²) in [6, 6.07) is 5.24. The molecule has 0 amide bonds. The average Bonchev–Trinajstić information content (AvgIpc) is 2.64. The van der Waals surface area contributed by atoms with E-state index in [0.717, 1.165) is 11.5 Å². The number of benzene rings is 1. The molecule has 2 rings (SSSR count). The quantitative estimate of drug-likeness (QED) is 0.932. The van der Waals surface area contributed by atoms with Crippen molar-refractivity contribution in [1.29, 1.82) is 0 Å². The Morgan fingerprint density at radius 1 is 1.35 bits per heavy atom. The summed E-state index contributed by atoms with van der Waals surface area (Å²) in [6.07, 6.45) is 0.643. The van der Waals surface area contributed by atoms with Crippen molar-refractivity contribution in [3.63, 3.8) is 0 Å². The van der Waals surface area contributed by atoms with Crippen LogP contribution in [0.4, 0.5) is 0 Å². The number of rotatable bonds is 3. The molecular formula is C11H12Cl2N4. The minimum atomic E-state index is 0.510. The van der Waals surface area contributed by atoms with Gasteiger partial charge in [0, 0.05) is 11.4 Å². The Balaban J connectivity index is 2.55. The summed E-state index contributed by atoms with van der Waals surface area (Å²) in [6.45, 7) is 2.34. The van der Waals surface area contributed by atoms with Crippen LogP contribution in [-0.4, -0.2) is 21.3 Å². The molecule has 0 unspecified atom stereocenters. The van der Waals surface area contributed by atoms with Crippen molar-refractivity contribution in [2.75, 3.05) is 6.54 Å². The summed E-state index contributed by atoms with van der Waals surface area (Å²) >= 11 is 12.1. The molecular weight excluding hydrogens is 259 g/mol. The maximum atomic E-state index is 6.13. The molecule has 2 aromatic rings. The first-order valence-corrected chi connectivity index (χ1v) is 5.95. The first-order chi connectivity index (χ1) is 8.11. The van der Waals surface area contributed by atoms with Gasteiger partial charge >= 0.3 is 0 Å². The van der Waals surface area contributed by atoms with Crippen molar-refractivity contribution in [2.24, 2.45) is 5.73 Å². The Morgan fingerprint density at radius 3 is 2.82 bits per heavy atom. The summed E-state index contributed by atoms with van der Waals surface area (Å²) in [5, 5.41) is 5.50. The number of nitrogens with two attached hydrogens (primary N) is 1. The lowest BCUT2D eigenvalue weighted by molar-refractivity contribution is 0.774. The maximum absolute atomic E-state index is 6.13. The fourth-order valence-electron chi connectivity index (χ4n) is 1.59. The van der Waals surface area contributed by atoms with Crippen LogP contribution in [-0.2, 0) is 6.42 Å². The molecule has 1 aromatic heterocycles. The summed E-state index contributed by atoms with van der Waals surface area (Å²) in [5.74, 6) is 1.47. The monoisotopic (exact) mass is 270 g/mol. The molecule has 6 heteroatoms. The highest BCUT2D eigenvalue weighted by Crippen LogP contribution is 2.24. The van der Waals surface area contributed by atoms with Crippen LogP contribution < -0.4 is 5.73 Å². The summed E-state index contributed by atoms with van der Waals surface area (Å²) in [7, 11) is 0. The average molecular weight is 271 g/mol. The second kappa shape index (κ2) is 5.04. The van der Waals surface area contributed by atoms with E-state index in [0.29, 0.717) is 28.8 Å². The van der Waals surface area contributed by atoms with Crippen molar-refractivity contribution in [1.82, 2.24) is 14.8 Å². The van der Waals surface area contributed by atoms with Gasteiger partial charge in [0.25, 0.3) is 0 Å². The Bertz CT molecular complexity index is 536. The molecule has 4 nitrogen and oxygen atoms in total. The number of aryl methyl sites for hydroxylation is 1. The third kappa shape index (κ3) is 2.60. The molecule has 0 bridgehead atoms. The zero-order chi connectivity index (χ0) is 12.4. The van der Waals surface area contributed by atoms with E-state index in [9.17, 15) is 0 Å². The van der Waals surface area contributed by atoms with Crippen LogP contribution in [0.1, 0.15) is 11.6 Å². The van der Waals surface area contributed by atoms with E-state index in [1.165, 1.54) is 0 Å². The van der Waals surface area contributed by atoms with Crippen molar-refractivity contribution >= 4 is 23.2 Å². The van der Waals surface area contributed by atoms with Crippen LogP contribution in [0, 0.1) is 6.92 Å². The molecule has 0 saturated carbocycles. The van der Waals surface area contributed by atoms with Crippen LogP contribution in [0.25, 0.3) is 5.69 Å². The van der Waals surface area contributed by atoms with Crippen molar-refractivity contribution < 1.29 is 0 Å². The lowest BCUT2D eigenvalue weighted by Gasteiger charge is -2.07.